The second kappa shape index (κ2) is 8.40. The van der Waals surface area contributed by atoms with Crippen molar-refractivity contribution in [2.24, 2.45) is 4.99 Å². The Morgan fingerprint density at radius 2 is 2.14 bits per heavy atom. The van der Waals surface area contributed by atoms with Gasteiger partial charge in [0.2, 0.25) is 10.0 Å². The maximum Gasteiger partial charge on any atom is 0.211 e. The Bertz CT molecular complexity index is 475. The van der Waals surface area contributed by atoms with E-state index in [9.17, 15) is 8.42 Å². The van der Waals surface area contributed by atoms with Crippen molar-refractivity contribution in [1.29, 1.82) is 0 Å². The molecule has 0 aromatic carbocycles. The van der Waals surface area contributed by atoms with Gasteiger partial charge in [-0.25, -0.2) is 8.42 Å². The van der Waals surface area contributed by atoms with Gasteiger partial charge in [0, 0.05) is 30.9 Å². The molecular formula is C14H28N4O2S2. The molecule has 2 N–H and O–H groups in total. The highest BCUT2D eigenvalue weighted by molar-refractivity contribution is 8.00. The Hall–Kier alpha value is -0.470. The van der Waals surface area contributed by atoms with E-state index in [-0.39, 0.29) is 6.04 Å². The maximum atomic E-state index is 11.8. The number of thioether (sulfide) groups is 1. The Kier molecular flexibility index (Phi) is 6.83. The van der Waals surface area contributed by atoms with Crippen LogP contribution in [-0.4, -0.2) is 68.2 Å². The molecule has 0 aromatic heterocycles. The molecule has 0 saturated carbocycles. The van der Waals surface area contributed by atoms with Gasteiger partial charge in [-0.1, -0.05) is 0 Å². The number of aliphatic imine (C=N–C) groups is 1. The van der Waals surface area contributed by atoms with Crippen LogP contribution in [0.25, 0.3) is 0 Å². The van der Waals surface area contributed by atoms with Crippen LogP contribution in [0, 0.1) is 0 Å². The molecular weight excluding hydrogens is 320 g/mol. The minimum absolute atomic E-state index is 0.00584. The Balaban J connectivity index is 1.88. The van der Waals surface area contributed by atoms with Gasteiger partial charge in [-0.3, -0.25) is 4.99 Å². The highest BCUT2D eigenvalue weighted by Gasteiger charge is 2.31. The van der Waals surface area contributed by atoms with Gasteiger partial charge < -0.3 is 10.6 Å². The molecule has 22 heavy (non-hydrogen) atoms. The van der Waals surface area contributed by atoms with Gasteiger partial charge in [-0.05, 0) is 38.4 Å². The van der Waals surface area contributed by atoms with Gasteiger partial charge in [0.1, 0.15) is 0 Å². The van der Waals surface area contributed by atoms with E-state index in [1.54, 1.807) is 4.31 Å². The zero-order valence-electron chi connectivity index (χ0n) is 13.5. The first-order chi connectivity index (χ1) is 10.5. The number of hydrogen-bond acceptors (Lipinski definition) is 4. The van der Waals surface area contributed by atoms with Crippen LogP contribution in [-0.2, 0) is 10.0 Å². The summed E-state index contributed by atoms with van der Waals surface area (Å²) in [5, 5.41) is 7.31. The minimum Gasteiger partial charge on any atom is -0.357 e. The van der Waals surface area contributed by atoms with Crippen molar-refractivity contribution >= 4 is 27.7 Å². The zero-order chi connectivity index (χ0) is 16.0. The van der Waals surface area contributed by atoms with E-state index in [0.29, 0.717) is 18.3 Å². The molecule has 0 radical (unpaired) electrons. The molecule has 128 valence electrons. The molecule has 0 bridgehead atoms. The molecule has 0 amide bonds. The Morgan fingerprint density at radius 1 is 1.32 bits per heavy atom. The summed E-state index contributed by atoms with van der Waals surface area (Å²) in [4.78, 5) is 4.60. The second-order valence-electron chi connectivity index (χ2n) is 5.91. The molecule has 0 spiro atoms. The van der Waals surface area contributed by atoms with Crippen LogP contribution >= 0.6 is 11.8 Å². The monoisotopic (exact) mass is 348 g/mol. The lowest BCUT2D eigenvalue weighted by Gasteiger charge is -2.21. The van der Waals surface area contributed by atoms with Crippen molar-refractivity contribution in [3.63, 3.8) is 0 Å². The van der Waals surface area contributed by atoms with Crippen LogP contribution in [0.15, 0.2) is 4.99 Å². The summed E-state index contributed by atoms with van der Waals surface area (Å²) < 4.78 is 25.1. The maximum absolute atomic E-state index is 11.8. The average Bonchev–Trinajstić information content (AvgIpc) is 3.12. The normalized spacial score (nSPS) is 27.3. The molecule has 2 aliphatic rings. The fraction of sp³-hybridized carbons (Fsp3) is 0.929. The van der Waals surface area contributed by atoms with Crippen molar-refractivity contribution < 1.29 is 8.42 Å². The molecule has 1 unspecified atom stereocenters. The number of hydrogen-bond donors (Lipinski definition) is 2. The van der Waals surface area contributed by atoms with Gasteiger partial charge in [0.25, 0.3) is 0 Å². The SMILES string of the molecule is CCNC(=NC[C@H]1CCCN1S(C)(=O)=O)NCC1CCCS1. The summed E-state index contributed by atoms with van der Waals surface area (Å²) in [6, 6.07) is 0.00584. The van der Waals surface area contributed by atoms with Gasteiger partial charge in [0.15, 0.2) is 5.96 Å². The standard InChI is InChI=1S/C14H28N4O2S2/c1-3-15-14(17-11-13-7-5-9-21-13)16-10-12-6-4-8-18(12)22(2,19)20/h12-13H,3-11H2,1-2H3,(H2,15,16,17)/t12-,13?/m1/s1. The number of nitrogens with zero attached hydrogens (tertiary/aromatic N) is 2. The highest BCUT2D eigenvalue weighted by Crippen LogP contribution is 2.25. The molecule has 0 aromatic rings. The fourth-order valence-electron chi connectivity index (χ4n) is 2.98. The Morgan fingerprint density at radius 3 is 2.77 bits per heavy atom. The van der Waals surface area contributed by atoms with Crippen molar-refractivity contribution in [1.82, 2.24) is 14.9 Å². The molecule has 6 nitrogen and oxygen atoms in total. The number of guanidine groups is 1. The van der Waals surface area contributed by atoms with E-state index in [4.69, 9.17) is 0 Å². The third-order valence-corrected chi connectivity index (χ3v) is 6.81. The summed E-state index contributed by atoms with van der Waals surface area (Å²) in [6.07, 6.45) is 5.68. The van der Waals surface area contributed by atoms with Crippen molar-refractivity contribution in [3.05, 3.63) is 0 Å². The van der Waals surface area contributed by atoms with Crippen molar-refractivity contribution in [2.45, 2.75) is 43.9 Å². The summed E-state index contributed by atoms with van der Waals surface area (Å²) in [7, 11) is -3.12. The van der Waals surface area contributed by atoms with Crippen LogP contribution in [0.3, 0.4) is 0 Å². The van der Waals surface area contributed by atoms with Gasteiger partial charge in [-0.15, -0.1) is 0 Å². The quantitative estimate of drug-likeness (QED) is 0.550. The molecule has 2 atom stereocenters. The topological polar surface area (TPSA) is 73.8 Å². The summed E-state index contributed by atoms with van der Waals surface area (Å²) in [5.74, 6) is 2.06. The van der Waals surface area contributed by atoms with E-state index >= 15 is 0 Å². The first-order valence-electron chi connectivity index (χ1n) is 8.11. The first kappa shape index (κ1) is 17.9. The van der Waals surface area contributed by atoms with Gasteiger partial charge in [0.05, 0.1) is 12.8 Å². The molecule has 2 aliphatic heterocycles. The first-order valence-corrected chi connectivity index (χ1v) is 11.0. The van der Waals surface area contributed by atoms with Gasteiger partial charge in [-0.2, -0.15) is 16.1 Å². The van der Waals surface area contributed by atoms with Crippen molar-refractivity contribution in [3.8, 4) is 0 Å². The molecule has 2 saturated heterocycles. The van der Waals surface area contributed by atoms with Crippen molar-refractivity contribution in [2.75, 3.05) is 38.2 Å². The molecule has 0 aliphatic carbocycles. The van der Waals surface area contributed by atoms with E-state index < -0.39 is 10.0 Å². The number of nitrogens with one attached hydrogen (secondary N) is 2. The van der Waals surface area contributed by atoms with Crippen LogP contribution in [0.4, 0.5) is 0 Å². The Labute approximate surface area is 138 Å². The van der Waals surface area contributed by atoms with E-state index in [1.807, 2.05) is 18.7 Å². The fourth-order valence-corrected chi connectivity index (χ4v) is 5.36. The lowest BCUT2D eigenvalue weighted by Crippen LogP contribution is -2.42. The lowest BCUT2D eigenvalue weighted by molar-refractivity contribution is 0.396. The van der Waals surface area contributed by atoms with Crippen LogP contribution in [0.5, 0.6) is 0 Å². The number of sulfonamides is 1. The molecule has 2 heterocycles. The highest BCUT2D eigenvalue weighted by atomic mass is 32.2. The molecule has 2 rings (SSSR count). The average molecular weight is 349 g/mol. The lowest BCUT2D eigenvalue weighted by atomic mass is 10.2. The summed E-state index contributed by atoms with van der Waals surface area (Å²) in [5.41, 5.74) is 0. The molecule has 8 heteroatoms. The van der Waals surface area contributed by atoms with E-state index in [0.717, 1.165) is 31.9 Å². The summed E-state index contributed by atoms with van der Waals surface area (Å²) >= 11 is 2.02. The third kappa shape index (κ3) is 5.31. The van der Waals surface area contributed by atoms with Crippen LogP contribution in [0.1, 0.15) is 32.6 Å². The van der Waals surface area contributed by atoms with Crippen LogP contribution in [0.2, 0.25) is 0 Å². The van der Waals surface area contributed by atoms with Crippen LogP contribution < -0.4 is 10.6 Å². The van der Waals surface area contributed by atoms with E-state index in [2.05, 4.69) is 15.6 Å². The number of rotatable bonds is 6. The smallest absolute Gasteiger partial charge is 0.211 e. The largest absolute Gasteiger partial charge is 0.357 e. The molecule has 2 fully saturated rings. The third-order valence-electron chi connectivity index (χ3n) is 4.07. The van der Waals surface area contributed by atoms with E-state index in [1.165, 1.54) is 24.9 Å². The predicted octanol–water partition coefficient (Wildman–Crippen LogP) is 0.861. The second-order valence-corrected chi connectivity index (χ2v) is 9.25. The predicted molar refractivity (Wildman–Crippen MR) is 94.0 cm³/mol. The van der Waals surface area contributed by atoms with Gasteiger partial charge >= 0.3 is 0 Å². The minimum atomic E-state index is -3.12. The summed E-state index contributed by atoms with van der Waals surface area (Å²) in [6.45, 7) is 4.93. The zero-order valence-corrected chi connectivity index (χ0v) is 15.2.